The van der Waals surface area contributed by atoms with Crippen molar-refractivity contribution in [3.63, 3.8) is 0 Å². The molecular formula is C38H56N6O2. The van der Waals surface area contributed by atoms with Crippen LogP contribution in [0, 0.1) is 18.8 Å². The highest BCUT2D eigenvalue weighted by atomic mass is 16.3. The minimum Gasteiger partial charge on any atom is -0.508 e. The summed E-state index contributed by atoms with van der Waals surface area (Å²) in [6, 6.07) is 13.5. The van der Waals surface area contributed by atoms with Gasteiger partial charge in [0.1, 0.15) is 5.75 Å². The van der Waals surface area contributed by atoms with Crippen LogP contribution in [0.4, 0.5) is 0 Å². The highest BCUT2D eigenvalue weighted by Gasteiger charge is 2.20. The minimum atomic E-state index is -0.125. The maximum Gasteiger partial charge on any atom is 0.251 e. The third-order valence-corrected chi connectivity index (χ3v) is 7.80. The van der Waals surface area contributed by atoms with Gasteiger partial charge in [0.25, 0.3) is 5.91 Å². The summed E-state index contributed by atoms with van der Waals surface area (Å²) in [5, 5.41) is 21.0. The number of phenols is 1. The number of aromatic hydroxyl groups is 1. The molecule has 2 aromatic carbocycles. The van der Waals surface area contributed by atoms with Crippen molar-refractivity contribution in [2.75, 3.05) is 27.7 Å². The van der Waals surface area contributed by atoms with Crippen LogP contribution in [0.2, 0.25) is 0 Å². The predicted molar refractivity (Wildman–Crippen MR) is 195 cm³/mol. The monoisotopic (exact) mass is 628 g/mol. The van der Waals surface area contributed by atoms with Crippen LogP contribution in [0.1, 0.15) is 62.0 Å². The number of carbonyl (C=O) groups is 1. The standard InChI is InChI=1S/C32H44N4O2.C6H12N2/c1-7-22(2)17-28(33-5)20-27(24(4)35-32(38)30-13-12-29(37)18-23(30)3)9-8-15-34-21-25-10-11-26-14-16-36(6)31(26)19-25;1-6(2)7-5-8(3)4/h8-14,16-19,22,24,27,33-34,37H,7,15,20-21H2,1-6H3,(H,35,38);5H,1H2,2-4H3/b9-8?,28-17+;/t22-,24?,27?;/m1./s1. The van der Waals surface area contributed by atoms with E-state index in [4.69, 9.17) is 0 Å². The van der Waals surface area contributed by atoms with Gasteiger partial charge in [0.15, 0.2) is 0 Å². The van der Waals surface area contributed by atoms with Gasteiger partial charge in [-0.25, -0.2) is 4.99 Å². The maximum atomic E-state index is 13.0. The molecule has 0 bridgehead atoms. The first-order valence-corrected chi connectivity index (χ1v) is 16.1. The van der Waals surface area contributed by atoms with E-state index in [0.29, 0.717) is 11.5 Å². The zero-order valence-corrected chi connectivity index (χ0v) is 29.4. The number of carbonyl (C=O) groups excluding carboxylic acids is 1. The third-order valence-electron chi connectivity index (χ3n) is 7.80. The van der Waals surface area contributed by atoms with Gasteiger partial charge in [0.2, 0.25) is 0 Å². The van der Waals surface area contributed by atoms with E-state index >= 15 is 0 Å². The van der Waals surface area contributed by atoms with Gasteiger partial charge in [0.05, 0.1) is 6.34 Å². The van der Waals surface area contributed by atoms with Gasteiger partial charge in [-0.15, -0.1) is 0 Å². The first-order chi connectivity index (χ1) is 21.8. The highest BCUT2D eigenvalue weighted by molar-refractivity contribution is 5.96. The van der Waals surface area contributed by atoms with Gasteiger partial charge in [-0.2, -0.15) is 0 Å². The largest absolute Gasteiger partial charge is 0.508 e. The Labute approximate surface area is 277 Å². The van der Waals surface area contributed by atoms with Crippen LogP contribution >= 0.6 is 0 Å². The van der Waals surface area contributed by atoms with E-state index < -0.39 is 0 Å². The molecule has 2 unspecified atom stereocenters. The average Bonchev–Trinajstić information content (AvgIpc) is 3.38. The second-order valence-electron chi connectivity index (χ2n) is 12.3. The number of aryl methyl sites for hydroxylation is 2. The molecule has 0 spiro atoms. The van der Waals surface area contributed by atoms with E-state index in [0.717, 1.165) is 37.2 Å². The summed E-state index contributed by atoms with van der Waals surface area (Å²) in [7, 11) is 7.88. The van der Waals surface area contributed by atoms with E-state index in [1.165, 1.54) is 22.2 Å². The van der Waals surface area contributed by atoms with Crippen molar-refractivity contribution >= 4 is 23.1 Å². The van der Waals surface area contributed by atoms with Crippen molar-refractivity contribution in [1.29, 1.82) is 0 Å². The number of nitrogens with one attached hydrogen (secondary N) is 3. The lowest BCUT2D eigenvalue weighted by Crippen LogP contribution is -2.38. The molecule has 4 N–H and O–H groups in total. The van der Waals surface area contributed by atoms with Crippen LogP contribution in [0.25, 0.3) is 10.9 Å². The average molecular weight is 629 g/mol. The van der Waals surface area contributed by atoms with Crippen LogP contribution in [-0.2, 0) is 13.6 Å². The molecule has 250 valence electrons. The summed E-state index contributed by atoms with van der Waals surface area (Å²) < 4.78 is 2.14. The summed E-state index contributed by atoms with van der Waals surface area (Å²) in [5.74, 6) is 0.632. The molecule has 3 rings (SSSR count). The molecule has 3 aromatic rings. The molecule has 1 aromatic heterocycles. The number of rotatable bonds is 15. The topological polar surface area (TPSA) is 93.9 Å². The number of hydrogen-bond donors (Lipinski definition) is 4. The van der Waals surface area contributed by atoms with Crippen LogP contribution in [0.15, 0.2) is 89.9 Å². The number of nitrogens with zero attached hydrogens (tertiary/aromatic N) is 3. The lowest BCUT2D eigenvalue weighted by molar-refractivity contribution is 0.0931. The molecule has 0 aliphatic carbocycles. The van der Waals surface area contributed by atoms with E-state index in [1.807, 2.05) is 39.9 Å². The lowest BCUT2D eigenvalue weighted by Gasteiger charge is -2.24. The number of amides is 1. The summed E-state index contributed by atoms with van der Waals surface area (Å²) in [4.78, 5) is 18.8. The van der Waals surface area contributed by atoms with Gasteiger partial charge in [-0.05, 0) is 80.0 Å². The van der Waals surface area contributed by atoms with Crippen molar-refractivity contribution in [3.8, 4) is 5.75 Å². The van der Waals surface area contributed by atoms with Crippen molar-refractivity contribution in [1.82, 2.24) is 25.4 Å². The van der Waals surface area contributed by atoms with Crippen LogP contribution in [0.3, 0.4) is 0 Å². The second kappa shape index (κ2) is 19.3. The molecule has 1 amide bonds. The Morgan fingerprint density at radius 2 is 1.89 bits per heavy atom. The third kappa shape index (κ3) is 13.0. The molecule has 0 radical (unpaired) electrons. The summed E-state index contributed by atoms with van der Waals surface area (Å²) in [6.45, 7) is 15.3. The molecule has 0 aliphatic rings. The number of hydrogen-bond acceptors (Lipinski definition) is 5. The molecule has 1 heterocycles. The Kier molecular flexibility index (Phi) is 15.9. The molecule has 46 heavy (non-hydrogen) atoms. The zero-order valence-electron chi connectivity index (χ0n) is 29.4. The van der Waals surface area contributed by atoms with E-state index in [1.54, 1.807) is 24.5 Å². The fourth-order valence-corrected chi connectivity index (χ4v) is 4.85. The molecule has 0 fully saturated rings. The second-order valence-corrected chi connectivity index (χ2v) is 12.3. The Bertz CT molecular complexity index is 1500. The van der Waals surface area contributed by atoms with Crippen molar-refractivity contribution in [2.45, 2.75) is 60.0 Å². The van der Waals surface area contributed by atoms with E-state index in [9.17, 15) is 9.90 Å². The zero-order chi connectivity index (χ0) is 34.2. The molecule has 3 atom stereocenters. The van der Waals surface area contributed by atoms with Crippen molar-refractivity contribution < 1.29 is 9.90 Å². The van der Waals surface area contributed by atoms with Gasteiger partial charge in [-0.3, -0.25) is 4.79 Å². The summed E-state index contributed by atoms with van der Waals surface area (Å²) in [6.07, 6.45) is 12.4. The van der Waals surface area contributed by atoms with Gasteiger partial charge in [0, 0.05) is 81.9 Å². The van der Waals surface area contributed by atoms with Crippen molar-refractivity contribution in [2.24, 2.45) is 23.9 Å². The van der Waals surface area contributed by atoms with Crippen LogP contribution in [0.5, 0.6) is 5.75 Å². The molecule has 0 saturated heterocycles. The Morgan fingerprint density at radius 3 is 2.50 bits per heavy atom. The maximum absolute atomic E-state index is 13.0. The fourth-order valence-electron chi connectivity index (χ4n) is 4.85. The van der Waals surface area contributed by atoms with Gasteiger partial charge >= 0.3 is 0 Å². The number of aromatic nitrogens is 1. The SMILES string of the molecule is C=C(C)N=CN(C)C.CC[C@@H](C)/C=C(\CC(C=CCNCc1ccc2ccn(C)c2c1)C(C)NC(=O)c1ccc(O)cc1C)NC. The minimum absolute atomic E-state index is 0.0830. The molecule has 0 saturated carbocycles. The van der Waals surface area contributed by atoms with Gasteiger partial charge in [-0.1, -0.05) is 57.2 Å². The van der Waals surface area contributed by atoms with Crippen molar-refractivity contribution in [3.05, 3.63) is 102 Å². The number of phenolic OH excluding ortho intramolecular Hbond substituents is 1. The Balaban J connectivity index is 0.000000812. The fraction of sp³-hybridized carbons (Fsp3) is 0.421. The number of allylic oxidation sites excluding steroid dienone is 3. The van der Waals surface area contributed by atoms with Gasteiger partial charge < -0.3 is 30.5 Å². The number of aliphatic imine (C=N–C) groups is 1. The number of fused-ring (bicyclic) bond motifs is 1. The predicted octanol–water partition coefficient (Wildman–Crippen LogP) is 6.92. The highest BCUT2D eigenvalue weighted by Crippen LogP contribution is 2.21. The summed E-state index contributed by atoms with van der Waals surface area (Å²) >= 11 is 0. The quantitative estimate of drug-likeness (QED) is 0.0635. The van der Waals surface area contributed by atoms with Crippen LogP contribution in [-0.4, -0.2) is 60.5 Å². The molecule has 8 nitrogen and oxygen atoms in total. The normalized spacial score (nSPS) is 13.7. The molecular weight excluding hydrogens is 572 g/mol. The smallest absolute Gasteiger partial charge is 0.251 e. The van der Waals surface area contributed by atoms with Crippen LogP contribution < -0.4 is 16.0 Å². The van der Waals surface area contributed by atoms with E-state index in [-0.39, 0.29) is 23.6 Å². The summed E-state index contributed by atoms with van der Waals surface area (Å²) in [5.41, 5.74) is 5.84. The molecule has 8 heteroatoms. The number of benzene rings is 2. The lowest BCUT2D eigenvalue weighted by atomic mass is 9.93. The van der Waals surface area contributed by atoms with E-state index in [2.05, 4.69) is 109 Å². The Hall–Kier alpha value is -4.30. The first kappa shape index (κ1) is 37.9. The first-order valence-electron chi connectivity index (χ1n) is 16.1. The Morgan fingerprint density at radius 1 is 1.15 bits per heavy atom. The molecule has 0 aliphatic heterocycles.